The zero-order valence-electron chi connectivity index (χ0n) is 18.7. The highest BCUT2D eigenvalue weighted by Crippen LogP contribution is 2.39. The summed E-state index contributed by atoms with van der Waals surface area (Å²) < 4.78 is 1.60. The van der Waals surface area contributed by atoms with Crippen LogP contribution in [0.1, 0.15) is 57.9 Å². The largest absolute Gasteiger partial charge is 0.355 e. The smallest absolute Gasteiger partial charge is 0.261 e. The average molecular weight is 466 g/mol. The molecule has 1 fully saturated rings. The van der Waals surface area contributed by atoms with Gasteiger partial charge in [-0.25, -0.2) is 0 Å². The van der Waals surface area contributed by atoms with Crippen molar-refractivity contribution in [3.05, 3.63) is 69.0 Å². The Hall–Kier alpha value is -3.33. The van der Waals surface area contributed by atoms with E-state index in [1.54, 1.807) is 24.0 Å². The number of carbonyl (C=O) groups excluding carboxylic acids is 2. The van der Waals surface area contributed by atoms with Crippen LogP contribution in [-0.4, -0.2) is 39.4 Å². The zero-order valence-corrected chi connectivity index (χ0v) is 19.5. The molecular formula is C24H27N5O3S. The van der Waals surface area contributed by atoms with Crippen molar-refractivity contribution in [1.29, 1.82) is 0 Å². The van der Waals surface area contributed by atoms with Crippen LogP contribution in [0.5, 0.6) is 0 Å². The van der Waals surface area contributed by atoms with Crippen LogP contribution >= 0.6 is 11.8 Å². The summed E-state index contributed by atoms with van der Waals surface area (Å²) in [6.45, 7) is 0. The van der Waals surface area contributed by atoms with Crippen LogP contribution in [0.15, 0.2) is 46.7 Å². The fourth-order valence-corrected chi connectivity index (χ4v) is 4.58. The summed E-state index contributed by atoms with van der Waals surface area (Å²) in [6.07, 6.45) is 8.36. The number of anilines is 1. The molecule has 0 atom stereocenters. The predicted octanol–water partition coefficient (Wildman–Crippen LogP) is 3.78. The molecule has 1 aliphatic heterocycles. The number of benzene rings is 1. The van der Waals surface area contributed by atoms with Crippen molar-refractivity contribution < 1.29 is 9.59 Å². The maximum absolute atomic E-state index is 13.1. The van der Waals surface area contributed by atoms with Gasteiger partial charge in [0.2, 0.25) is 0 Å². The second kappa shape index (κ2) is 10.1. The Kier molecular flexibility index (Phi) is 6.98. The summed E-state index contributed by atoms with van der Waals surface area (Å²) in [5, 5.41) is 12.2. The first-order valence-electron chi connectivity index (χ1n) is 11.0. The number of pyridine rings is 1. The van der Waals surface area contributed by atoms with E-state index in [2.05, 4.69) is 32.2 Å². The van der Waals surface area contributed by atoms with E-state index in [0.717, 1.165) is 24.8 Å². The number of aryl methyl sites for hydroxylation is 1. The second-order valence-electron chi connectivity index (χ2n) is 8.07. The predicted molar refractivity (Wildman–Crippen MR) is 132 cm³/mol. The van der Waals surface area contributed by atoms with Gasteiger partial charge in [-0.1, -0.05) is 24.6 Å². The second-order valence-corrected chi connectivity index (χ2v) is 9.09. The summed E-state index contributed by atoms with van der Waals surface area (Å²) in [6, 6.07) is 7.00. The lowest BCUT2D eigenvalue weighted by molar-refractivity contribution is 0.0961. The fourth-order valence-electron chi connectivity index (χ4n) is 3.90. The van der Waals surface area contributed by atoms with Crippen molar-refractivity contribution in [3.63, 3.8) is 0 Å². The Labute approximate surface area is 195 Å². The summed E-state index contributed by atoms with van der Waals surface area (Å²) in [4.78, 5) is 40.3. The van der Waals surface area contributed by atoms with Crippen molar-refractivity contribution in [2.24, 2.45) is 7.05 Å². The molecule has 3 aromatic rings. The molecule has 3 heterocycles. The molecule has 172 valence electrons. The van der Waals surface area contributed by atoms with Crippen molar-refractivity contribution in [2.75, 3.05) is 18.1 Å². The number of nitrogens with one attached hydrogen (secondary N) is 3. The number of allylic oxidation sites excluding steroid dienone is 1. The molecule has 1 saturated carbocycles. The molecule has 0 spiro atoms. The van der Waals surface area contributed by atoms with E-state index >= 15 is 0 Å². The molecule has 5 rings (SSSR count). The van der Waals surface area contributed by atoms with Crippen LogP contribution in [0.3, 0.4) is 0 Å². The number of amides is 2. The number of aromatic nitrogens is 3. The molecular weight excluding hydrogens is 438 g/mol. The minimum absolute atomic E-state index is 0.0162. The van der Waals surface area contributed by atoms with Crippen LogP contribution in [0.4, 0.5) is 5.82 Å². The van der Waals surface area contributed by atoms with Crippen LogP contribution in [0.25, 0.3) is 10.9 Å². The van der Waals surface area contributed by atoms with Gasteiger partial charge < -0.3 is 15.6 Å². The summed E-state index contributed by atoms with van der Waals surface area (Å²) >= 11 is 1.89. The van der Waals surface area contributed by atoms with Crippen LogP contribution in [0.2, 0.25) is 0 Å². The van der Waals surface area contributed by atoms with E-state index in [-0.39, 0.29) is 17.4 Å². The van der Waals surface area contributed by atoms with E-state index in [9.17, 15) is 14.4 Å². The standard InChI is InChI=1S/C20H21N5O3.C4H6S/c1-21-18(26)14-10-12-6-7-13(11-4-3-5-11)16(17(12)23-19(14)27)20(28)22-15-8-9-25(2)24-15;1-2-4-5-3-1/h6-11H,3-5H2,1-2H3,(H,21,26)(H,23,27)(H,22,24,28);1,3H,2,4H2. The van der Waals surface area contributed by atoms with Crippen molar-refractivity contribution >= 4 is 40.3 Å². The number of hydrogen-bond donors (Lipinski definition) is 3. The highest BCUT2D eigenvalue weighted by Gasteiger charge is 2.27. The quantitative estimate of drug-likeness (QED) is 0.543. The zero-order chi connectivity index (χ0) is 23.4. The lowest BCUT2D eigenvalue weighted by Crippen LogP contribution is -2.27. The highest BCUT2D eigenvalue weighted by atomic mass is 32.2. The number of nitrogens with zero attached hydrogens (tertiary/aromatic N) is 2. The Bertz CT molecular complexity index is 1270. The van der Waals surface area contributed by atoms with Gasteiger partial charge in [0.25, 0.3) is 17.4 Å². The number of rotatable bonds is 4. The first-order chi connectivity index (χ1) is 16.0. The van der Waals surface area contributed by atoms with E-state index in [1.165, 1.54) is 25.3 Å². The maximum Gasteiger partial charge on any atom is 0.261 e. The Morgan fingerprint density at radius 2 is 2.03 bits per heavy atom. The summed E-state index contributed by atoms with van der Waals surface area (Å²) in [7, 11) is 3.24. The molecule has 8 nitrogen and oxygen atoms in total. The molecule has 0 radical (unpaired) electrons. The number of carbonyl (C=O) groups is 2. The maximum atomic E-state index is 13.1. The molecule has 0 unspecified atom stereocenters. The third kappa shape index (κ3) is 5.03. The first kappa shape index (κ1) is 22.8. The van der Waals surface area contributed by atoms with Crippen LogP contribution in [0, 0.1) is 0 Å². The lowest BCUT2D eigenvalue weighted by Gasteiger charge is -2.28. The van der Waals surface area contributed by atoms with E-state index in [4.69, 9.17) is 0 Å². The van der Waals surface area contributed by atoms with E-state index in [0.29, 0.717) is 22.3 Å². The fraction of sp³-hybridized carbons (Fsp3) is 0.333. The molecule has 2 aromatic heterocycles. The topological polar surface area (TPSA) is 109 Å². The lowest BCUT2D eigenvalue weighted by atomic mass is 9.77. The minimum Gasteiger partial charge on any atom is -0.355 e. The van der Waals surface area contributed by atoms with Gasteiger partial charge >= 0.3 is 0 Å². The number of hydrogen-bond acceptors (Lipinski definition) is 5. The van der Waals surface area contributed by atoms with Crippen molar-refractivity contribution in [2.45, 2.75) is 31.6 Å². The van der Waals surface area contributed by atoms with Gasteiger partial charge in [0.1, 0.15) is 5.56 Å². The number of H-pyrrole nitrogens is 1. The van der Waals surface area contributed by atoms with Crippen molar-refractivity contribution in [3.8, 4) is 0 Å². The molecule has 9 heteroatoms. The summed E-state index contributed by atoms with van der Waals surface area (Å²) in [5.74, 6) is 1.24. The van der Waals surface area contributed by atoms with Gasteiger partial charge in [-0.05, 0) is 47.6 Å². The number of thioether (sulfide) groups is 1. The molecule has 2 amide bonds. The molecule has 0 bridgehead atoms. The molecule has 33 heavy (non-hydrogen) atoms. The summed E-state index contributed by atoms with van der Waals surface area (Å²) in [5.41, 5.74) is 1.28. The SMILES string of the molecule is C1=CSCC1.CNC(=O)c1cc2ccc(C3CCC3)c(C(=O)Nc3ccn(C)n3)c2[nH]c1=O. The Morgan fingerprint density at radius 1 is 1.21 bits per heavy atom. The van der Waals surface area contributed by atoms with Gasteiger partial charge in [-0.15, -0.1) is 11.8 Å². The molecule has 0 saturated heterocycles. The first-order valence-corrected chi connectivity index (χ1v) is 12.0. The van der Waals surface area contributed by atoms with Crippen LogP contribution in [-0.2, 0) is 7.05 Å². The average Bonchev–Trinajstić information content (AvgIpc) is 3.46. The number of aromatic amines is 1. The Morgan fingerprint density at radius 3 is 2.58 bits per heavy atom. The van der Waals surface area contributed by atoms with E-state index < -0.39 is 11.5 Å². The molecule has 2 aliphatic rings. The third-order valence-electron chi connectivity index (χ3n) is 5.85. The Balaban J connectivity index is 0.000000459. The van der Waals surface area contributed by atoms with Gasteiger partial charge in [0.15, 0.2) is 5.82 Å². The monoisotopic (exact) mass is 465 g/mol. The normalized spacial score (nSPS) is 15.0. The van der Waals surface area contributed by atoms with Gasteiger partial charge in [0, 0.05) is 32.1 Å². The number of fused-ring (bicyclic) bond motifs is 1. The minimum atomic E-state index is -0.524. The molecule has 3 N–H and O–H groups in total. The van der Waals surface area contributed by atoms with E-state index in [1.807, 2.05) is 23.9 Å². The van der Waals surface area contributed by atoms with Crippen LogP contribution < -0.4 is 16.2 Å². The highest BCUT2D eigenvalue weighted by molar-refractivity contribution is 8.02. The van der Waals surface area contributed by atoms with Gasteiger partial charge in [0.05, 0.1) is 11.1 Å². The van der Waals surface area contributed by atoms with Gasteiger partial charge in [-0.2, -0.15) is 5.10 Å². The van der Waals surface area contributed by atoms with Crippen molar-refractivity contribution in [1.82, 2.24) is 20.1 Å². The molecule has 1 aliphatic carbocycles. The molecule has 1 aromatic carbocycles. The van der Waals surface area contributed by atoms with Gasteiger partial charge in [-0.3, -0.25) is 19.1 Å². The third-order valence-corrected chi connectivity index (χ3v) is 6.70.